The van der Waals surface area contributed by atoms with Crippen molar-refractivity contribution < 1.29 is 17.9 Å². The molecule has 0 heterocycles. The molecule has 0 unspecified atom stereocenters. The molecule has 0 aliphatic heterocycles. The monoisotopic (exact) mass is 268 g/mol. The summed E-state index contributed by atoms with van der Waals surface area (Å²) in [5.41, 5.74) is 5.98. The first-order valence-electron chi connectivity index (χ1n) is 5.36. The lowest BCUT2D eigenvalue weighted by atomic mass is 10.2. The van der Waals surface area contributed by atoms with Crippen molar-refractivity contribution in [2.24, 2.45) is 0 Å². The van der Waals surface area contributed by atoms with Gasteiger partial charge in [-0.15, -0.1) is 0 Å². The summed E-state index contributed by atoms with van der Waals surface area (Å²) in [4.78, 5) is 0. The fourth-order valence-corrected chi connectivity index (χ4v) is 1.57. The summed E-state index contributed by atoms with van der Waals surface area (Å²) in [6.07, 6.45) is 0. The predicted molar refractivity (Wildman–Crippen MR) is 67.0 cm³/mol. The minimum atomic E-state index is -1.27. The molecule has 0 saturated heterocycles. The van der Waals surface area contributed by atoms with E-state index in [0.29, 0.717) is 17.5 Å². The van der Waals surface area contributed by atoms with Crippen LogP contribution in [-0.2, 0) is 0 Å². The summed E-state index contributed by atoms with van der Waals surface area (Å²) in [6.45, 7) is 0. The van der Waals surface area contributed by atoms with Crippen LogP contribution in [0, 0.1) is 17.5 Å². The van der Waals surface area contributed by atoms with Gasteiger partial charge in [0.25, 0.3) is 0 Å². The van der Waals surface area contributed by atoms with Gasteiger partial charge >= 0.3 is 0 Å². The minimum Gasteiger partial charge on any atom is -0.497 e. The van der Waals surface area contributed by atoms with E-state index in [1.165, 1.54) is 19.2 Å². The fourth-order valence-electron chi connectivity index (χ4n) is 1.57. The Morgan fingerprint density at radius 2 is 1.79 bits per heavy atom. The number of nitrogens with two attached hydrogens (primary N) is 1. The second-order valence-electron chi connectivity index (χ2n) is 3.83. The normalized spacial score (nSPS) is 10.3. The zero-order chi connectivity index (χ0) is 14.0. The highest BCUT2D eigenvalue weighted by Gasteiger charge is 2.12. The Kier molecular flexibility index (Phi) is 3.50. The largest absolute Gasteiger partial charge is 0.497 e. The van der Waals surface area contributed by atoms with Crippen molar-refractivity contribution in [2.75, 3.05) is 18.2 Å². The van der Waals surface area contributed by atoms with Gasteiger partial charge in [-0.2, -0.15) is 0 Å². The van der Waals surface area contributed by atoms with Crippen molar-refractivity contribution in [3.8, 4) is 5.75 Å². The van der Waals surface area contributed by atoms with E-state index in [1.54, 1.807) is 6.07 Å². The molecule has 0 bridgehead atoms. The maximum absolute atomic E-state index is 13.5. The number of rotatable bonds is 3. The third-order valence-electron chi connectivity index (χ3n) is 2.52. The molecular formula is C13H11F3N2O. The smallest absolute Gasteiger partial charge is 0.182 e. The lowest BCUT2D eigenvalue weighted by molar-refractivity contribution is 0.415. The first-order chi connectivity index (χ1) is 9.01. The number of nitrogen functional groups attached to an aromatic ring is 1. The summed E-state index contributed by atoms with van der Waals surface area (Å²) < 4.78 is 44.5. The number of hydrogen-bond acceptors (Lipinski definition) is 3. The first-order valence-corrected chi connectivity index (χ1v) is 5.36. The van der Waals surface area contributed by atoms with Gasteiger partial charge in [-0.3, -0.25) is 0 Å². The van der Waals surface area contributed by atoms with Gasteiger partial charge in [0, 0.05) is 18.2 Å². The molecule has 0 aromatic heterocycles. The predicted octanol–water partition coefficient (Wildman–Crippen LogP) is 3.44. The van der Waals surface area contributed by atoms with Crippen LogP contribution in [0.25, 0.3) is 0 Å². The maximum Gasteiger partial charge on any atom is 0.182 e. The van der Waals surface area contributed by atoms with Crippen molar-refractivity contribution in [3.63, 3.8) is 0 Å². The number of methoxy groups -OCH3 is 1. The Morgan fingerprint density at radius 3 is 2.42 bits per heavy atom. The number of ether oxygens (including phenoxy) is 1. The molecular weight excluding hydrogens is 257 g/mol. The van der Waals surface area contributed by atoms with Gasteiger partial charge in [0.05, 0.1) is 24.2 Å². The molecule has 0 spiro atoms. The van der Waals surface area contributed by atoms with E-state index in [1.807, 2.05) is 0 Å². The lowest BCUT2D eigenvalue weighted by Gasteiger charge is -2.11. The molecule has 0 aliphatic rings. The minimum absolute atomic E-state index is 0.267. The Labute approximate surface area is 107 Å². The third kappa shape index (κ3) is 2.73. The van der Waals surface area contributed by atoms with E-state index in [2.05, 4.69) is 5.32 Å². The van der Waals surface area contributed by atoms with Crippen molar-refractivity contribution in [3.05, 3.63) is 47.8 Å². The average Bonchev–Trinajstić information content (AvgIpc) is 2.37. The summed E-state index contributed by atoms with van der Waals surface area (Å²) in [5.74, 6) is -2.80. The standard InChI is InChI=1S/C13H11F3N2O/c1-19-8-2-3-11(10(17)6-8)18-12-5-7(14)4-9(15)13(12)16/h2-6,18H,17H2,1H3. The van der Waals surface area contributed by atoms with Gasteiger partial charge in [0.1, 0.15) is 11.6 Å². The number of hydrogen-bond donors (Lipinski definition) is 2. The van der Waals surface area contributed by atoms with Crippen LogP contribution < -0.4 is 15.8 Å². The van der Waals surface area contributed by atoms with E-state index in [0.717, 1.165) is 6.07 Å². The second kappa shape index (κ2) is 5.09. The molecule has 3 N–H and O–H groups in total. The molecule has 0 saturated carbocycles. The molecule has 19 heavy (non-hydrogen) atoms. The van der Waals surface area contributed by atoms with E-state index < -0.39 is 17.5 Å². The number of benzene rings is 2. The van der Waals surface area contributed by atoms with Gasteiger partial charge in [0.15, 0.2) is 11.6 Å². The Bertz CT molecular complexity index is 617. The van der Waals surface area contributed by atoms with E-state index in [4.69, 9.17) is 10.5 Å². The van der Waals surface area contributed by atoms with Crippen LogP contribution in [-0.4, -0.2) is 7.11 Å². The molecule has 2 aromatic carbocycles. The highest BCUT2D eigenvalue weighted by molar-refractivity contribution is 5.74. The van der Waals surface area contributed by atoms with Crippen molar-refractivity contribution in [1.82, 2.24) is 0 Å². The molecule has 0 atom stereocenters. The first kappa shape index (κ1) is 13.1. The van der Waals surface area contributed by atoms with Crippen molar-refractivity contribution in [2.45, 2.75) is 0 Å². The van der Waals surface area contributed by atoms with Crippen molar-refractivity contribution >= 4 is 17.1 Å². The molecule has 2 rings (SSSR count). The van der Waals surface area contributed by atoms with E-state index in [9.17, 15) is 13.2 Å². The highest BCUT2D eigenvalue weighted by Crippen LogP contribution is 2.29. The zero-order valence-electron chi connectivity index (χ0n) is 10.0. The van der Waals surface area contributed by atoms with Crippen molar-refractivity contribution in [1.29, 1.82) is 0 Å². The van der Waals surface area contributed by atoms with Gasteiger partial charge in [-0.05, 0) is 12.1 Å². The second-order valence-corrected chi connectivity index (χ2v) is 3.83. The van der Waals surface area contributed by atoms with Gasteiger partial charge in [0.2, 0.25) is 0 Å². The average molecular weight is 268 g/mol. The van der Waals surface area contributed by atoms with E-state index in [-0.39, 0.29) is 11.4 Å². The molecule has 3 nitrogen and oxygen atoms in total. The molecule has 0 aliphatic carbocycles. The molecule has 0 fully saturated rings. The zero-order valence-corrected chi connectivity index (χ0v) is 10.0. The van der Waals surface area contributed by atoms with E-state index >= 15 is 0 Å². The molecule has 6 heteroatoms. The summed E-state index contributed by atoms with van der Waals surface area (Å²) in [5, 5.41) is 2.54. The maximum atomic E-state index is 13.5. The highest BCUT2D eigenvalue weighted by atomic mass is 19.2. The summed E-state index contributed by atoms with van der Waals surface area (Å²) >= 11 is 0. The number of nitrogens with one attached hydrogen (secondary N) is 1. The number of anilines is 3. The SMILES string of the molecule is COc1ccc(Nc2cc(F)cc(F)c2F)c(N)c1. The quantitative estimate of drug-likeness (QED) is 0.662. The Hall–Kier alpha value is -2.37. The summed E-state index contributed by atoms with van der Waals surface area (Å²) in [7, 11) is 1.48. The van der Waals surface area contributed by atoms with Crippen LogP contribution in [0.4, 0.5) is 30.2 Å². The van der Waals surface area contributed by atoms with Gasteiger partial charge < -0.3 is 15.8 Å². The van der Waals surface area contributed by atoms with Crippen LogP contribution in [0.15, 0.2) is 30.3 Å². The van der Waals surface area contributed by atoms with Gasteiger partial charge in [-0.1, -0.05) is 0 Å². The number of halogens is 3. The Balaban J connectivity index is 2.36. The van der Waals surface area contributed by atoms with Crippen LogP contribution in [0.5, 0.6) is 5.75 Å². The van der Waals surface area contributed by atoms with Crippen LogP contribution >= 0.6 is 0 Å². The lowest BCUT2D eigenvalue weighted by Crippen LogP contribution is -2.01. The van der Waals surface area contributed by atoms with Crippen LogP contribution in [0.2, 0.25) is 0 Å². The fraction of sp³-hybridized carbons (Fsp3) is 0.0769. The van der Waals surface area contributed by atoms with Gasteiger partial charge in [-0.25, -0.2) is 13.2 Å². The third-order valence-corrected chi connectivity index (χ3v) is 2.52. The molecule has 2 aromatic rings. The molecule has 0 radical (unpaired) electrons. The summed E-state index contributed by atoms with van der Waals surface area (Å²) in [6, 6.07) is 5.94. The van der Waals surface area contributed by atoms with Crippen LogP contribution in [0.3, 0.4) is 0 Å². The molecule has 100 valence electrons. The van der Waals surface area contributed by atoms with Crippen LogP contribution in [0.1, 0.15) is 0 Å². The Morgan fingerprint density at radius 1 is 1.05 bits per heavy atom. The topological polar surface area (TPSA) is 47.3 Å². The molecule has 0 amide bonds.